The van der Waals surface area contributed by atoms with E-state index in [2.05, 4.69) is 13.8 Å². The van der Waals surface area contributed by atoms with Crippen molar-refractivity contribution >= 4 is 11.6 Å². The number of rotatable bonds is 4. The molecule has 12 heavy (non-hydrogen) atoms. The molecule has 0 aliphatic carbocycles. The highest BCUT2D eigenvalue weighted by atomic mass is 35.5. The molecule has 0 bridgehead atoms. The Morgan fingerprint density at radius 3 is 2.75 bits per heavy atom. The van der Waals surface area contributed by atoms with E-state index in [0.717, 1.165) is 18.6 Å². The molecule has 0 spiro atoms. The smallest absolute Gasteiger partial charge is 0.104 e. The summed E-state index contributed by atoms with van der Waals surface area (Å²) in [6.45, 7) is 4.34. The van der Waals surface area contributed by atoms with Gasteiger partial charge in [-0.05, 0) is 24.0 Å². The standard InChI is InChI=1S/C10H15ClO/c1-3-10(2,8-11)7-9-5-4-6-12-9/h4-6H,3,7-8H2,1-2H3. The monoisotopic (exact) mass is 186 g/mol. The van der Waals surface area contributed by atoms with Crippen LogP contribution in [0.4, 0.5) is 0 Å². The molecule has 1 heterocycles. The summed E-state index contributed by atoms with van der Waals surface area (Å²) >= 11 is 5.88. The van der Waals surface area contributed by atoms with Crippen molar-refractivity contribution in [2.45, 2.75) is 26.7 Å². The van der Waals surface area contributed by atoms with Crippen LogP contribution in [0.15, 0.2) is 22.8 Å². The van der Waals surface area contributed by atoms with Gasteiger partial charge >= 0.3 is 0 Å². The lowest BCUT2D eigenvalue weighted by Crippen LogP contribution is -2.20. The first kappa shape index (κ1) is 9.66. The van der Waals surface area contributed by atoms with Gasteiger partial charge in [-0.15, -0.1) is 11.6 Å². The Morgan fingerprint density at radius 1 is 1.58 bits per heavy atom. The van der Waals surface area contributed by atoms with Crippen molar-refractivity contribution in [2.24, 2.45) is 5.41 Å². The topological polar surface area (TPSA) is 13.1 Å². The molecule has 1 nitrogen and oxygen atoms in total. The lowest BCUT2D eigenvalue weighted by molar-refractivity contribution is 0.322. The fraction of sp³-hybridized carbons (Fsp3) is 0.600. The molecule has 1 rings (SSSR count). The van der Waals surface area contributed by atoms with Crippen LogP contribution in [0.3, 0.4) is 0 Å². The van der Waals surface area contributed by atoms with Crippen molar-refractivity contribution in [3.05, 3.63) is 24.2 Å². The highest BCUT2D eigenvalue weighted by Gasteiger charge is 2.22. The number of alkyl halides is 1. The van der Waals surface area contributed by atoms with E-state index in [1.54, 1.807) is 6.26 Å². The third-order valence-electron chi connectivity index (χ3n) is 2.36. The number of hydrogen-bond acceptors (Lipinski definition) is 1. The van der Waals surface area contributed by atoms with E-state index in [1.165, 1.54) is 0 Å². The van der Waals surface area contributed by atoms with Crippen LogP contribution >= 0.6 is 11.6 Å². The maximum atomic E-state index is 5.88. The van der Waals surface area contributed by atoms with E-state index < -0.39 is 0 Å². The van der Waals surface area contributed by atoms with Gasteiger partial charge in [0.1, 0.15) is 5.76 Å². The Balaban J connectivity index is 2.60. The van der Waals surface area contributed by atoms with Crippen LogP contribution in [0.25, 0.3) is 0 Å². The summed E-state index contributed by atoms with van der Waals surface area (Å²) in [5.41, 5.74) is 0.180. The summed E-state index contributed by atoms with van der Waals surface area (Å²) < 4.78 is 5.27. The zero-order chi connectivity index (χ0) is 9.03. The van der Waals surface area contributed by atoms with Crippen LogP contribution in [0, 0.1) is 5.41 Å². The molecular weight excluding hydrogens is 172 g/mol. The minimum Gasteiger partial charge on any atom is -0.469 e. The highest BCUT2D eigenvalue weighted by Crippen LogP contribution is 2.27. The summed E-state index contributed by atoms with van der Waals surface area (Å²) in [7, 11) is 0. The number of halogens is 1. The fourth-order valence-corrected chi connectivity index (χ4v) is 1.38. The van der Waals surface area contributed by atoms with Crippen molar-refractivity contribution in [3.63, 3.8) is 0 Å². The van der Waals surface area contributed by atoms with Gasteiger partial charge in [-0.2, -0.15) is 0 Å². The maximum absolute atomic E-state index is 5.88. The Morgan fingerprint density at radius 2 is 2.33 bits per heavy atom. The molecule has 2 heteroatoms. The molecule has 1 unspecified atom stereocenters. The summed E-state index contributed by atoms with van der Waals surface area (Å²) in [4.78, 5) is 0. The van der Waals surface area contributed by atoms with Crippen LogP contribution in [0.2, 0.25) is 0 Å². The normalized spacial score (nSPS) is 15.9. The van der Waals surface area contributed by atoms with E-state index in [4.69, 9.17) is 16.0 Å². The van der Waals surface area contributed by atoms with Crippen LogP contribution in [-0.4, -0.2) is 5.88 Å². The third kappa shape index (κ3) is 2.28. The fourth-order valence-electron chi connectivity index (χ4n) is 1.10. The molecule has 0 fully saturated rings. The second-order valence-corrected chi connectivity index (χ2v) is 3.82. The van der Waals surface area contributed by atoms with Crippen LogP contribution in [0.1, 0.15) is 26.0 Å². The van der Waals surface area contributed by atoms with Gasteiger partial charge < -0.3 is 4.42 Å². The van der Waals surface area contributed by atoms with E-state index in [1.807, 2.05) is 12.1 Å². The van der Waals surface area contributed by atoms with Gasteiger partial charge in [0, 0.05) is 12.3 Å². The summed E-state index contributed by atoms with van der Waals surface area (Å²) in [6.07, 6.45) is 3.72. The molecule has 0 aliphatic rings. The molecule has 1 atom stereocenters. The summed E-state index contributed by atoms with van der Waals surface area (Å²) in [6, 6.07) is 3.92. The molecule has 1 aromatic rings. The molecule has 0 amide bonds. The largest absolute Gasteiger partial charge is 0.469 e. The summed E-state index contributed by atoms with van der Waals surface area (Å²) in [5, 5.41) is 0. The molecule has 0 aromatic carbocycles. The Labute approximate surface area is 78.7 Å². The van der Waals surface area contributed by atoms with Crippen molar-refractivity contribution in [3.8, 4) is 0 Å². The number of furan rings is 1. The Kier molecular flexibility index (Phi) is 3.21. The average Bonchev–Trinajstić information content (AvgIpc) is 2.57. The van der Waals surface area contributed by atoms with Crippen molar-refractivity contribution < 1.29 is 4.42 Å². The van der Waals surface area contributed by atoms with Crippen molar-refractivity contribution in [1.82, 2.24) is 0 Å². The van der Waals surface area contributed by atoms with Crippen LogP contribution in [0.5, 0.6) is 0 Å². The second-order valence-electron chi connectivity index (χ2n) is 3.55. The van der Waals surface area contributed by atoms with Gasteiger partial charge in [-0.25, -0.2) is 0 Å². The van der Waals surface area contributed by atoms with Gasteiger partial charge in [0.05, 0.1) is 6.26 Å². The van der Waals surface area contributed by atoms with Crippen LogP contribution < -0.4 is 0 Å². The predicted molar refractivity (Wildman–Crippen MR) is 51.5 cm³/mol. The predicted octanol–water partition coefficient (Wildman–Crippen LogP) is 3.48. The van der Waals surface area contributed by atoms with Crippen molar-refractivity contribution in [2.75, 3.05) is 5.88 Å². The minimum absolute atomic E-state index is 0.180. The molecule has 1 aromatic heterocycles. The van der Waals surface area contributed by atoms with Gasteiger partial charge in [-0.3, -0.25) is 0 Å². The van der Waals surface area contributed by atoms with Crippen LogP contribution in [-0.2, 0) is 6.42 Å². The molecule has 0 saturated heterocycles. The van der Waals surface area contributed by atoms with E-state index in [0.29, 0.717) is 5.88 Å². The highest BCUT2D eigenvalue weighted by molar-refractivity contribution is 6.18. The summed E-state index contributed by atoms with van der Waals surface area (Å²) in [5.74, 6) is 1.71. The lowest BCUT2D eigenvalue weighted by atomic mass is 9.85. The zero-order valence-electron chi connectivity index (χ0n) is 7.64. The molecule has 68 valence electrons. The lowest BCUT2D eigenvalue weighted by Gasteiger charge is -2.23. The van der Waals surface area contributed by atoms with Gasteiger partial charge in [0.25, 0.3) is 0 Å². The van der Waals surface area contributed by atoms with E-state index in [-0.39, 0.29) is 5.41 Å². The van der Waals surface area contributed by atoms with E-state index in [9.17, 15) is 0 Å². The molecule has 0 N–H and O–H groups in total. The molecule has 0 aliphatic heterocycles. The van der Waals surface area contributed by atoms with Gasteiger partial charge in [0.15, 0.2) is 0 Å². The molecular formula is C10H15ClO. The zero-order valence-corrected chi connectivity index (χ0v) is 8.40. The average molecular weight is 187 g/mol. The quantitative estimate of drug-likeness (QED) is 0.657. The van der Waals surface area contributed by atoms with Gasteiger partial charge in [-0.1, -0.05) is 13.8 Å². The molecule has 0 saturated carbocycles. The Hall–Kier alpha value is -0.430. The van der Waals surface area contributed by atoms with Crippen molar-refractivity contribution in [1.29, 1.82) is 0 Å². The Bertz CT molecular complexity index is 212. The minimum atomic E-state index is 0.180. The second kappa shape index (κ2) is 3.99. The maximum Gasteiger partial charge on any atom is 0.104 e. The number of hydrogen-bond donors (Lipinski definition) is 0. The third-order valence-corrected chi connectivity index (χ3v) is 3.00. The van der Waals surface area contributed by atoms with Gasteiger partial charge in [0.2, 0.25) is 0 Å². The first-order chi connectivity index (χ1) is 5.70. The SMILES string of the molecule is CCC(C)(CCl)Cc1ccco1. The van der Waals surface area contributed by atoms with E-state index >= 15 is 0 Å². The first-order valence-electron chi connectivity index (χ1n) is 4.28. The first-order valence-corrected chi connectivity index (χ1v) is 4.82. The molecule has 0 radical (unpaired) electrons.